The van der Waals surface area contributed by atoms with Crippen LogP contribution in [0.2, 0.25) is 0 Å². The van der Waals surface area contributed by atoms with Crippen LogP contribution in [0.25, 0.3) is 0 Å². The molecule has 328 valence electrons. The van der Waals surface area contributed by atoms with Gasteiger partial charge in [-0.25, -0.2) is 8.78 Å². The minimum atomic E-state index is -6.30. The topological polar surface area (TPSA) is 105 Å². The Morgan fingerprint density at radius 1 is 0.721 bits per heavy atom. The van der Waals surface area contributed by atoms with Crippen molar-refractivity contribution in [2.45, 2.75) is 71.2 Å². The van der Waals surface area contributed by atoms with E-state index in [-0.39, 0.29) is 34.0 Å². The summed E-state index contributed by atoms with van der Waals surface area (Å²) in [5.41, 5.74) is -10.0. The Kier molecular flexibility index (Phi) is 14.5. The molecule has 0 fully saturated rings. The molecule has 0 spiro atoms. The summed E-state index contributed by atoms with van der Waals surface area (Å²) in [5.74, 6) is -2.99. The number of carbonyl (C=O) groups excluding carboxylic acids is 3. The number of hydrogen-bond donors (Lipinski definition) is 3. The Balaban J connectivity index is 0.000000294. The van der Waals surface area contributed by atoms with Crippen LogP contribution in [0.1, 0.15) is 91.4 Å². The van der Waals surface area contributed by atoms with Crippen LogP contribution in [-0.2, 0) is 18.9 Å². The average molecular weight is 890 g/mol. The largest absolute Gasteiger partial charge is 0.435 e. The molecule has 0 saturated carbocycles. The Labute approximate surface area is 346 Å². The Bertz CT molecular complexity index is 2330. The van der Waals surface area contributed by atoms with Gasteiger partial charge in [-0.1, -0.05) is 57.2 Å². The highest BCUT2D eigenvalue weighted by atomic mass is 32.1. The summed E-state index contributed by atoms with van der Waals surface area (Å²) in [6.45, 7) is 8.38. The maximum absolute atomic E-state index is 15.0. The van der Waals surface area contributed by atoms with E-state index in [1.807, 2.05) is 12.3 Å². The summed E-state index contributed by atoms with van der Waals surface area (Å²) in [4.78, 5) is 38.4. The summed E-state index contributed by atoms with van der Waals surface area (Å²) in [6, 6.07) is 13.6. The molecule has 0 bridgehead atoms. The number of aryl methyl sites for hydroxylation is 3. The molecule has 0 radical (unpaired) electrons. The normalized spacial score (nSPS) is 12.7. The van der Waals surface area contributed by atoms with Gasteiger partial charge in [-0.2, -0.15) is 44.6 Å². The summed E-state index contributed by atoms with van der Waals surface area (Å²) in [7, 11) is 1.35. The number of halogens is 11. The second-order valence-electron chi connectivity index (χ2n) is 14.3. The van der Waals surface area contributed by atoms with Crippen LogP contribution in [0, 0.1) is 25.6 Å². The van der Waals surface area contributed by atoms with E-state index < -0.39 is 70.1 Å². The van der Waals surface area contributed by atoms with E-state index >= 15 is 4.39 Å². The first-order valence-corrected chi connectivity index (χ1v) is 18.9. The SMILES string of the molecule is CC(C)CC(C)c1sccc1NC(=O)c1cn(C)nc1C(F)(F)F.Cc1cc(C(F)(C(F)(F)F)C(F)(F)F)cc(C)c1NC(=O)c1cccc(NC(=O)c2ccccc2)c1F. The van der Waals surface area contributed by atoms with E-state index in [0.717, 1.165) is 42.1 Å². The van der Waals surface area contributed by atoms with Gasteiger partial charge in [-0.15, -0.1) is 11.3 Å². The van der Waals surface area contributed by atoms with E-state index in [9.17, 15) is 58.3 Å². The highest BCUT2D eigenvalue weighted by molar-refractivity contribution is 7.10. The van der Waals surface area contributed by atoms with E-state index in [1.165, 1.54) is 42.6 Å². The zero-order valence-corrected chi connectivity index (χ0v) is 33.9. The summed E-state index contributed by atoms with van der Waals surface area (Å²) in [6.07, 6.45) is -15.3. The molecular weight excluding hydrogens is 852 g/mol. The quantitative estimate of drug-likeness (QED) is 0.121. The number of nitrogens with zero attached hydrogens (tertiary/aromatic N) is 2. The van der Waals surface area contributed by atoms with Crippen molar-refractivity contribution >= 4 is 46.1 Å². The number of hydrogen-bond acceptors (Lipinski definition) is 5. The maximum Gasteiger partial charge on any atom is 0.435 e. The van der Waals surface area contributed by atoms with Crippen molar-refractivity contribution in [3.8, 4) is 0 Å². The van der Waals surface area contributed by atoms with Crippen molar-refractivity contribution < 1.29 is 62.7 Å². The number of carbonyl (C=O) groups is 3. The molecule has 0 aliphatic carbocycles. The first-order chi connectivity index (χ1) is 28.2. The van der Waals surface area contributed by atoms with Crippen LogP contribution in [0.3, 0.4) is 0 Å². The standard InChI is InChI=1S/C25H18F8N2O2.C16H20F3N3OS/c1-13-11-16(23(27,24(28,29)30)25(31,32)33)12-14(2)20(13)35-22(37)17-9-6-10-18(19(17)26)34-21(36)15-7-4-3-5-8-15;1-9(2)7-10(3)13-12(5-6-24-13)20-15(23)11-8-22(4)21-14(11)16(17,18)19/h3-12H,1-2H3,(H,34,36)(H,35,37);5-6,8-10H,7H2,1-4H3,(H,20,23). The third-order valence-corrected chi connectivity index (χ3v) is 10.2. The van der Waals surface area contributed by atoms with Crippen molar-refractivity contribution in [3.63, 3.8) is 0 Å². The molecule has 0 aliphatic rings. The zero-order chi connectivity index (χ0) is 45.8. The Hall–Kier alpha value is -5.79. The molecule has 8 nitrogen and oxygen atoms in total. The second kappa shape index (κ2) is 18.4. The third kappa shape index (κ3) is 10.9. The lowest BCUT2D eigenvalue weighted by Crippen LogP contribution is -2.50. The van der Waals surface area contributed by atoms with Crippen molar-refractivity contribution in [2.75, 3.05) is 16.0 Å². The van der Waals surface area contributed by atoms with Gasteiger partial charge in [0.15, 0.2) is 11.5 Å². The lowest BCUT2D eigenvalue weighted by atomic mass is 9.90. The van der Waals surface area contributed by atoms with E-state index in [2.05, 4.69) is 34.9 Å². The summed E-state index contributed by atoms with van der Waals surface area (Å²) >= 11 is 1.49. The van der Waals surface area contributed by atoms with Crippen LogP contribution in [0.15, 0.2) is 78.3 Å². The molecule has 5 rings (SSSR count). The molecule has 3 N–H and O–H groups in total. The second-order valence-corrected chi connectivity index (χ2v) is 15.3. The monoisotopic (exact) mass is 889 g/mol. The van der Waals surface area contributed by atoms with E-state index in [1.54, 1.807) is 24.3 Å². The van der Waals surface area contributed by atoms with E-state index in [4.69, 9.17) is 0 Å². The number of alkyl halides is 10. The molecular formula is C41H38F11N5O3S. The Morgan fingerprint density at radius 2 is 1.28 bits per heavy atom. The van der Waals surface area contributed by atoms with Crippen molar-refractivity contribution in [1.82, 2.24) is 9.78 Å². The molecule has 5 aromatic rings. The highest BCUT2D eigenvalue weighted by Gasteiger charge is 2.73. The number of anilines is 3. The lowest BCUT2D eigenvalue weighted by Gasteiger charge is -2.31. The van der Waals surface area contributed by atoms with Gasteiger partial charge in [0.05, 0.1) is 22.5 Å². The third-order valence-electron chi connectivity index (χ3n) is 9.04. The van der Waals surface area contributed by atoms with Crippen LogP contribution in [0.4, 0.5) is 65.4 Å². The predicted molar refractivity (Wildman–Crippen MR) is 208 cm³/mol. The molecule has 0 aliphatic heterocycles. The van der Waals surface area contributed by atoms with Crippen LogP contribution in [-0.4, -0.2) is 39.9 Å². The Morgan fingerprint density at radius 3 is 1.82 bits per heavy atom. The molecule has 3 aromatic carbocycles. The predicted octanol–water partition coefficient (Wildman–Crippen LogP) is 12.1. The van der Waals surface area contributed by atoms with Gasteiger partial charge >= 0.3 is 24.2 Å². The molecule has 1 atom stereocenters. The van der Waals surface area contributed by atoms with Gasteiger partial charge in [0.2, 0.25) is 0 Å². The minimum Gasteiger partial charge on any atom is -0.321 e. The first kappa shape index (κ1) is 47.9. The van der Waals surface area contributed by atoms with Gasteiger partial charge in [0.25, 0.3) is 17.7 Å². The number of benzene rings is 3. The molecule has 61 heavy (non-hydrogen) atoms. The fraction of sp³-hybridized carbons (Fsp3) is 0.317. The van der Waals surface area contributed by atoms with Gasteiger partial charge in [0.1, 0.15) is 0 Å². The minimum absolute atomic E-state index is 0.213. The lowest BCUT2D eigenvalue weighted by molar-refractivity contribution is -0.348. The van der Waals surface area contributed by atoms with Crippen molar-refractivity contribution in [3.05, 3.63) is 128 Å². The summed E-state index contributed by atoms with van der Waals surface area (Å²) in [5, 5.41) is 12.3. The van der Waals surface area contributed by atoms with Gasteiger partial charge in [-0.05, 0) is 78.9 Å². The molecule has 2 heterocycles. The molecule has 0 saturated heterocycles. The van der Waals surface area contributed by atoms with Gasteiger partial charge in [-0.3, -0.25) is 19.1 Å². The van der Waals surface area contributed by atoms with Crippen molar-refractivity contribution in [1.29, 1.82) is 0 Å². The van der Waals surface area contributed by atoms with Crippen molar-refractivity contribution in [2.24, 2.45) is 13.0 Å². The molecule has 20 heteroatoms. The number of amides is 3. The van der Waals surface area contributed by atoms with Crippen LogP contribution >= 0.6 is 11.3 Å². The molecule has 2 aromatic heterocycles. The maximum atomic E-state index is 15.0. The number of rotatable bonds is 10. The highest BCUT2D eigenvalue weighted by Crippen LogP contribution is 2.54. The van der Waals surface area contributed by atoms with Crippen LogP contribution < -0.4 is 16.0 Å². The number of nitrogens with one attached hydrogen (secondary N) is 3. The fourth-order valence-electron chi connectivity index (χ4n) is 6.29. The van der Waals surface area contributed by atoms with Gasteiger partial charge < -0.3 is 16.0 Å². The van der Waals surface area contributed by atoms with Gasteiger partial charge in [0, 0.05) is 34.9 Å². The number of aromatic nitrogens is 2. The average Bonchev–Trinajstić information content (AvgIpc) is 3.79. The van der Waals surface area contributed by atoms with E-state index in [0.29, 0.717) is 23.7 Å². The van der Waals surface area contributed by atoms with Crippen LogP contribution in [0.5, 0.6) is 0 Å². The fourth-order valence-corrected chi connectivity index (χ4v) is 7.22. The molecule has 1 unspecified atom stereocenters. The molecule has 3 amide bonds. The number of thiophene rings is 1. The smallest absolute Gasteiger partial charge is 0.321 e. The summed E-state index contributed by atoms with van der Waals surface area (Å²) < 4.78 is 148. The first-order valence-electron chi connectivity index (χ1n) is 18.1. The zero-order valence-electron chi connectivity index (χ0n) is 33.1.